The molecule has 0 fully saturated rings. The van der Waals surface area contributed by atoms with Crippen LogP contribution in [-0.2, 0) is 11.3 Å². The SMILES string of the molecule is O=C(Nc1ccc(F)cc1F)c1ccc(COCC(F)(F)F)cc1. The molecule has 8 heteroatoms. The quantitative estimate of drug-likeness (QED) is 0.821. The number of alkyl halides is 3. The van der Waals surface area contributed by atoms with Crippen molar-refractivity contribution < 1.29 is 31.5 Å². The molecular formula is C16H12F5NO2. The summed E-state index contributed by atoms with van der Waals surface area (Å²) in [6.45, 7) is -1.62. The van der Waals surface area contributed by atoms with Crippen LogP contribution in [0.15, 0.2) is 42.5 Å². The molecule has 0 aliphatic rings. The molecule has 3 nitrogen and oxygen atoms in total. The van der Waals surface area contributed by atoms with E-state index in [1.807, 2.05) is 0 Å². The zero-order valence-corrected chi connectivity index (χ0v) is 12.2. The Kier molecular flexibility index (Phi) is 5.50. The predicted molar refractivity (Wildman–Crippen MR) is 76.5 cm³/mol. The van der Waals surface area contributed by atoms with Gasteiger partial charge in [-0.3, -0.25) is 4.79 Å². The summed E-state index contributed by atoms with van der Waals surface area (Å²) in [6, 6.07) is 8.29. The summed E-state index contributed by atoms with van der Waals surface area (Å²) in [5.41, 5.74) is 0.432. The van der Waals surface area contributed by atoms with E-state index in [0.29, 0.717) is 11.6 Å². The summed E-state index contributed by atoms with van der Waals surface area (Å²) in [4.78, 5) is 12.0. The summed E-state index contributed by atoms with van der Waals surface area (Å²) in [6.07, 6.45) is -4.40. The van der Waals surface area contributed by atoms with Crippen LogP contribution in [-0.4, -0.2) is 18.7 Å². The summed E-state index contributed by atoms with van der Waals surface area (Å²) < 4.78 is 66.6. The Morgan fingerprint density at radius 1 is 1.04 bits per heavy atom. The monoisotopic (exact) mass is 345 g/mol. The Bertz CT molecular complexity index is 713. The number of carbonyl (C=O) groups excluding carboxylic acids is 1. The first-order valence-corrected chi connectivity index (χ1v) is 6.74. The molecule has 128 valence electrons. The molecular weight excluding hydrogens is 333 g/mol. The van der Waals surface area contributed by atoms with Gasteiger partial charge >= 0.3 is 6.18 Å². The molecule has 0 saturated heterocycles. The number of carbonyl (C=O) groups is 1. The number of amides is 1. The lowest BCUT2D eigenvalue weighted by molar-refractivity contribution is -0.176. The fraction of sp³-hybridized carbons (Fsp3) is 0.188. The minimum Gasteiger partial charge on any atom is -0.367 e. The van der Waals surface area contributed by atoms with Crippen molar-refractivity contribution in [3.63, 3.8) is 0 Å². The molecule has 1 N–H and O–H groups in total. The maximum Gasteiger partial charge on any atom is 0.411 e. The highest BCUT2D eigenvalue weighted by atomic mass is 19.4. The molecule has 0 unspecified atom stereocenters. The van der Waals surface area contributed by atoms with Crippen LogP contribution in [0, 0.1) is 11.6 Å². The molecule has 2 rings (SSSR count). The number of halogens is 5. The first-order chi connectivity index (χ1) is 11.2. The number of hydrogen-bond acceptors (Lipinski definition) is 2. The largest absolute Gasteiger partial charge is 0.411 e. The second-order valence-electron chi connectivity index (χ2n) is 4.88. The van der Waals surface area contributed by atoms with E-state index in [-0.39, 0.29) is 17.9 Å². The van der Waals surface area contributed by atoms with E-state index < -0.39 is 30.3 Å². The maximum atomic E-state index is 13.5. The Labute approximate surface area is 134 Å². The van der Waals surface area contributed by atoms with Crippen molar-refractivity contribution in [2.24, 2.45) is 0 Å². The van der Waals surface area contributed by atoms with Gasteiger partial charge in [0.05, 0.1) is 12.3 Å². The molecule has 1 amide bonds. The highest BCUT2D eigenvalue weighted by Gasteiger charge is 2.27. The molecule has 0 heterocycles. The van der Waals surface area contributed by atoms with E-state index >= 15 is 0 Å². The lowest BCUT2D eigenvalue weighted by atomic mass is 10.1. The molecule has 0 bridgehead atoms. The third-order valence-corrected chi connectivity index (χ3v) is 2.93. The van der Waals surface area contributed by atoms with Gasteiger partial charge in [-0.1, -0.05) is 12.1 Å². The fourth-order valence-electron chi connectivity index (χ4n) is 1.82. The van der Waals surface area contributed by atoms with Crippen molar-refractivity contribution in [3.8, 4) is 0 Å². The van der Waals surface area contributed by atoms with Crippen LogP contribution in [0.3, 0.4) is 0 Å². The average molecular weight is 345 g/mol. The normalized spacial score (nSPS) is 11.4. The van der Waals surface area contributed by atoms with Crippen LogP contribution < -0.4 is 5.32 Å². The minimum absolute atomic E-state index is 0.165. The lowest BCUT2D eigenvalue weighted by Crippen LogP contribution is -2.16. The van der Waals surface area contributed by atoms with Crippen LogP contribution in [0.4, 0.5) is 27.6 Å². The zero-order valence-electron chi connectivity index (χ0n) is 12.2. The van der Waals surface area contributed by atoms with Gasteiger partial charge in [-0.25, -0.2) is 8.78 Å². The molecule has 0 spiro atoms. The highest BCUT2D eigenvalue weighted by molar-refractivity contribution is 6.04. The zero-order chi connectivity index (χ0) is 17.7. The fourth-order valence-corrected chi connectivity index (χ4v) is 1.82. The summed E-state index contributed by atoms with van der Waals surface area (Å²) >= 11 is 0. The maximum absolute atomic E-state index is 13.5. The smallest absolute Gasteiger partial charge is 0.367 e. The van der Waals surface area contributed by atoms with E-state index in [4.69, 9.17) is 0 Å². The second kappa shape index (κ2) is 7.39. The van der Waals surface area contributed by atoms with Crippen LogP contribution in [0.1, 0.15) is 15.9 Å². The third-order valence-electron chi connectivity index (χ3n) is 2.93. The number of anilines is 1. The number of benzene rings is 2. The number of ether oxygens (including phenoxy) is 1. The highest BCUT2D eigenvalue weighted by Crippen LogP contribution is 2.17. The number of nitrogens with one attached hydrogen (secondary N) is 1. The molecule has 2 aromatic rings. The molecule has 0 aliphatic carbocycles. The van der Waals surface area contributed by atoms with Gasteiger partial charge in [-0.15, -0.1) is 0 Å². The van der Waals surface area contributed by atoms with Crippen molar-refractivity contribution in [2.75, 3.05) is 11.9 Å². The third kappa shape index (κ3) is 5.31. The number of rotatable bonds is 5. The summed E-state index contributed by atoms with van der Waals surface area (Å²) in [5, 5.41) is 2.28. The summed E-state index contributed by atoms with van der Waals surface area (Å²) in [7, 11) is 0. The van der Waals surface area contributed by atoms with Gasteiger partial charge in [0.15, 0.2) is 0 Å². The van der Waals surface area contributed by atoms with Gasteiger partial charge in [0.25, 0.3) is 5.91 Å². The van der Waals surface area contributed by atoms with Crippen molar-refractivity contribution in [2.45, 2.75) is 12.8 Å². The Balaban J connectivity index is 1.96. The van der Waals surface area contributed by atoms with Crippen molar-refractivity contribution in [1.29, 1.82) is 0 Å². The van der Waals surface area contributed by atoms with Crippen LogP contribution in [0.25, 0.3) is 0 Å². The average Bonchev–Trinajstić information content (AvgIpc) is 2.49. The van der Waals surface area contributed by atoms with Crippen LogP contribution in [0.2, 0.25) is 0 Å². The van der Waals surface area contributed by atoms with Gasteiger partial charge in [0.1, 0.15) is 18.2 Å². The van der Waals surface area contributed by atoms with Gasteiger partial charge in [0, 0.05) is 11.6 Å². The summed E-state index contributed by atoms with van der Waals surface area (Å²) in [5.74, 6) is -2.32. The van der Waals surface area contributed by atoms with Crippen molar-refractivity contribution in [1.82, 2.24) is 0 Å². The van der Waals surface area contributed by atoms with Gasteiger partial charge in [-0.2, -0.15) is 13.2 Å². The van der Waals surface area contributed by atoms with E-state index in [2.05, 4.69) is 10.1 Å². The van der Waals surface area contributed by atoms with Crippen LogP contribution in [0.5, 0.6) is 0 Å². The van der Waals surface area contributed by atoms with E-state index in [1.165, 1.54) is 24.3 Å². The van der Waals surface area contributed by atoms with E-state index in [9.17, 15) is 26.7 Å². The Hall–Kier alpha value is -2.48. The van der Waals surface area contributed by atoms with Crippen LogP contribution >= 0.6 is 0 Å². The molecule has 0 atom stereocenters. The Morgan fingerprint density at radius 2 is 1.71 bits per heavy atom. The molecule has 0 aromatic heterocycles. The van der Waals surface area contributed by atoms with Crippen molar-refractivity contribution >= 4 is 11.6 Å². The van der Waals surface area contributed by atoms with E-state index in [0.717, 1.165) is 12.1 Å². The van der Waals surface area contributed by atoms with Gasteiger partial charge in [-0.05, 0) is 29.8 Å². The molecule has 0 saturated carbocycles. The molecule has 2 aromatic carbocycles. The first kappa shape index (κ1) is 17.9. The predicted octanol–water partition coefficient (Wildman–Crippen LogP) is 4.30. The second-order valence-corrected chi connectivity index (χ2v) is 4.88. The van der Waals surface area contributed by atoms with Gasteiger partial charge < -0.3 is 10.1 Å². The standard InChI is InChI=1S/C16H12F5NO2/c17-12-5-6-14(13(18)7-12)22-15(23)11-3-1-10(2-4-11)8-24-9-16(19,20)21/h1-7H,8-9H2,(H,22,23). The molecule has 0 aliphatic heterocycles. The van der Waals surface area contributed by atoms with Crippen molar-refractivity contribution in [3.05, 3.63) is 65.2 Å². The van der Waals surface area contributed by atoms with Gasteiger partial charge in [0.2, 0.25) is 0 Å². The molecule has 24 heavy (non-hydrogen) atoms. The van der Waals surface area contributed by atoms with E-state index in [1.54, 1.807) is 0 Å². The topological polar surface area (TPSA) is 38.3 Å². The first-order valence-electron chi connectivity index (χ1n) is 6.74. The molecule has 0 radical (unpaired) electrons. The minimum atomic E-state index is -4.40. The number of hydrogen-bond donors (Lipinski definition) is 1. The lowest BCUT2D eigenvalue weighted by Gasteiger charge is -2.09. The Morgan fingerprint density at radius 3 is 2.29 bits per heavy atom.